The molecular formula is C20H27NO. The molecule has 0 aliphatic rings. The van der Waals surface area contributed by atoms with Gasteiger partial charge in [-0.05, 0) is 31.1 Å². The fourth-order valence-electron chi connectivity index (χ4n) is 2.74. The molecule has 0 unspecified atom stereocenters. The van der Waals surface area contributed by atoms with Crippen molar-refractivity contribution in [3.05, 3.63) is 52.3 Å². The molecule has 1 heterocycles. The van der Waals surface area contributed by atoms with Crippen LogP contribution in [-0.2, 0) is 0 Å². The van der Waals surface area contributed by atoms with Gasteiger partial charge in [0.05, 0.1) is 0 Å². The molecule has 0 atom stereocenters. The first-order valence-electron chi connectivity index (χ1n) is 8.60. The Morgan fingerprint density at radius 3 is 2.55 bits per heavy atom. The molecule has 2 heteroatoms. The van der Waals surface area contributed by atoms with Gasteiger partial charge in [0.25, 0.3) is 0 Å². The van der Waals surface area contributed by atoms with Crippen LogP contribution < -0.4 is 5.43 Å². The van der Waals surface area contributed by atoms with Crippen LogP contribution in [0.1, 0.15) is 64.0 Å². The minimum atomic E-state index is 0.0879. The van der Waals surface area contributed by atoms with Crippen molar-refractivity contribution in [2.75, 3.05) is 0 Å². The van der Waals surface area contributed by atoms with E-state index >= 15 is 0 Å². The molecule has 0 saturated heterocycles. The highest BCUT2D eigenvalue weighted by molar-refractivity contribution is 5.79. The van der Waals surface area contributed by atoms with Crippen LogP contribution in [0.25, 0.3) is 17.0 Å². The number of hydrogen-bond acceptors (Lipinski definition) is 1. The molecule has 2 nitrogen and oxygen atoms in total. The average Bonchev–Trinajstić information content (AvgIpc) is 2.53. The van der Waals surface area contributed by atoms with E-state index < -0.39 is 0 Å². The van der Waals surface area contributed by atoms with Gasteiger partial charge in [0.15, 0.2) is 5.43 Å². The Hall–Kier alpha value is -1.83. The minimum Gasteiger partial charge on any atom is -0.355 e. The lowest BCUT2D eigenvalue weighted by molar-refractivity contribution is 0.592. The van der Waals surface area contributed by atoms with Crippen molar-refractivity contribution in [3.8, 4) is 0 Å². The topological polar surface area (TPSA) is 32.9 Å². The van der Waals surface area contributed by atoms with Gasteiger partial charge >= 0.3 is 0 Å². The van der Waals surface area contributed by atoms with Crippen molar-refractivity contribution in [3.63, 3.8) is 0 Å². The van der Waals surface area contributed by atoms with Crippen molar-refractivity contribution in [2.45, 2.75) is 58.3 Å². The predicted molar refractivity (Wildman–Crippen MR) is 96.2 cm³/mol. The fraction of sp³-hybridized carbons (Fsp3) is 0.450. The molecule has 0 aliphatic carbocycles. The van der Waals surface area contributed by atoms with Crippen LogP contribution in [0.2, 0.25) is 0 Å². The number of aromatic nitrogens is 1. The van der Waals surface area contributed by atoms with Crippen molar-refractivity contribution < 1.29 is 0 Å². The predicted octanol–water partition coefficient (Wildman–Crippen LogP) is 5.68. The highest BCUT2D eigenvalue weighted by atomic mass is 16.1. The van der Waals surface area contributed by atoms with Gasteiger partial charge < -0.3 is 4.98 Å². The lowest BCUT2D eigenvalue weighted by atomic mass is 10.1. The quantitative estimate of drug-likeness (QED) is 0.593. The van der Waals surface area contributed by atoms with E-state index in [1.807, 2.05) is 30.3 Å². The smallest absolute Gasteiger partial charge is 0.189 e. The summed E-state index contributed by atoms with van der Waals surface area (Å²) in [6, 6.07) is 9.34. The van der Waals surface area contributed by atoms with Crippen molar-refractivity contribution >= 4 is 17.0 Å². The zero-order valence-corrected chi connectivity index (χ0v) is 13.6. The Balaban J connectivity index is 1.78. The van der Waals surface area contributed by atoms with Gasteiger partial charge in [0, 0.05) is 22.7 Å². The van der Waals surface area contributed by atoms with E-state index in [0.29, 0.717) is 0 Å². The number of H-pyrrole nitrogens is 1. The minimum absolute atomic E-state index is 0.0879. The summed E-state index contributed by atoms with van der Waals surface area (Å²) in [4.78, 5) is 15.3. The molecule has 0 radical (unpaired) electrons. The number of nitrogens with one attached hydrogen (secondary N) is 1. The molecule has 0 spiro atoms. The van der Waals surface area contributed by atoms with E-state index in [1.54, 1.807) is 6.07 Å². The number of pyridine rings is 1. The molecule has 0 amide bonds. The van der Waals surface area contributed by atoms with Crippen LogP contribution in [0.3, 0.4) is 0 Å². The summed E-state index contributed by atoms with van der Waals surface area (Å²) in [7, 11) is 0. The number of hydrogen-bond donors (Lipinski definition) is 1. The van der Waals surface area contributed by atoms with Crippen LogP contribution in [0.4, 0.5) is 0 Å². The molecule has 2 rings (SSSR count). The largest absolute Gasteiger partial charge is 0.355 e. The molecule has 0 bridgehead atoms. The van der Waals surface area contributed by atoms with Gasteiger partial charge in [0.1, 0.15) is 0 Å². The maximum Gasteiger partial charge on any atom is 0.189 e. The van der Waals surface area contributed by atoms with Crippen LogP contribution >= 0.6 is 0 Å². The van der Waals surface area contributed by atoms with Crippen LogP contribution in [0.15, 0.2) is 41.2 Å². The number of allylic oxidation sites excluding steroid dienone is 1. The van der Waals surface area contributed by atoms with Crippen molar-refractivity contribution in [1.82, 2.24) is 4.98 Å². The lowest BCUT2D eigenvalue weighted by Gasteiger charge is -2.00. The van der Waals surface area contributed by atoms with Gasteiger partial charge in [-0.1, -0.05) is 63.7 Å². The SMILES string of the molecule is CCCCCCCCC/C=C/c1cc(=O)c2ccccc2[nH]1. The van der Waals surface area contributed by atoms with Crippen molar-refractivity contribution in [1.29, 1.82) is 0 Å². The molecule has 0 fully saturated rings. The number of para-hydroxylation sites is 1. The molecule has 2 aromatic rings. The Morgan fingerprint density at radius 2 is 1.73 bits per heavy atom. The number of fused-ring (bicyclic) bond motifs is 1. The molecular weight excluding hydrogens is 270 g/mol. The van der Waals surface area contributed by atoms with Gasteiger partial charge in [-0.25, -0.2) is 0 Å². The summed E-state index contributed by atoms with van der Waals surface area (Å²) in [5, 5.41) is 0.756. The molecule has 22 heavy (non-hydrogen) atoms. The summed E-state index contributed by atoms with van der Waals surface area (Å²) in [6.07, 6.45) is 14.6. The zero-order valence-electron chi connectivity index (χ0n) is 13.6. The van der Waals surface area contributed by atoms with Gasteiger partial charge in [0.2, 0.25) is 0 Å². The maximum atomic E-state index is 12.0. The third-order valence-corrected chi connectivity index (χ3v) is 4.03. The third-order valence-electron chi connectivity index (χ3n) is 4.03. The average molecular weight is 297 g/mol. The first-order chi connectivity index (χ1) is 10.8. The number of aromatic amines is 1. The van der Waals surface area contributed by atoms with E-state index in [9.17, 15) is 4.79 Å². The van der Waals surface area contributed by atoms with Gasteiger partial charge in [-0.3, -0.25) is 4.79 Å². The van der Waals surface area contributed by atoms with E-state index in [2.05, 4.69) is 18.0 Å². The second kappa shape index (κ2) is 9.24. The van der Waals surface area contributed by atoms with E-state index in [1.165, 1.54) is 44.9 Å². The first kappa shape index (κ1) is 16.5. The molecule has 118 valence electrons. The van der Waals surface area contributed by atoms with Crippen LogP contribution in [-0.4, -0.2) is 4.98 Å². The summed E-state index contributed by atoms with van der Waals surface area (Å²) in [5.74, 6) is 0. The van der Waals surface area contributed by atoms with Crippen LogP contribution in [0.5, 0.6) is 0 Å². The van der Waals surface area contributed by atoms with E-state index in [-0.39, 0.29) is 5.43 Å². The second-order valence-electron chi connectivity index (χ2n) is 5.95. The second-order valence-corrected chi connectivity index (χ2v) is 5.95. The summed E-state index contributed by atoms with van der Waals surface area (Å²) in [6.45, 7) is 2.25. The van der Waals surface area contributed by atoms with Gasteiger partial charge in [-0.2, -0.15) is 0 Å². The van der Waals surface area contributed by atoms with E-state index in [4.69, 9.17) is 0 Å². The molecule has 1 aromatic heterocycles. The summed E-state index contributed by atoms with van der Waals surface area (Å²) >= 11 is 0. The highest BCUT2D eigenvalue weighted by Gasteiger charge is 1.98. The first-order valence-corrected chi connectivity index (χ1v) is 8.60. The lowest BCUT2D eigenvalue weighted by Crippen LogP contribution is -2.02. The summed E-state index contributed by atoms with van der Waals surface area (Å²) < 4.78 is 0. The molecule has 0 aliphatic heterocycles. The Labute approximate surface area is 133 Å². The maximum absolute atomic E-state index is 12.0. The van der Waals surface area contributed by atoms with Crippen LogP contribution in [0, 0.1) is 0 Å². The third kappa shape index (κ3) is 5.18. The fourth-order valence-corrected chi connectivity index (χ4v) is 2.74. The van der Waals surface area contributed by atoms with Gasteiger partial charge in [-0.15, -0.1) is 0 Å². The molecule has 0 saturated carbocycles. The molecule has 1 N–H and O–H groups in total. The highest BCUT2D eigenvalue weighted by Crippen LogP contribution is 2.11. The zero-order chi connectivity index (χ0) is 15.6. The standard InChI is InChI=1S/C20H27NO/c1-2-3-4-5-6-7-8-9-10-13-17-16-20(22)18-14-11-12-15-19(18)21-17/h10-16H,2-9H2,1H3,(H,21,22)/b13-10+. The van der Waals surface area contributed by atoms with E-state index in [0.717, 1.165) is 23.0 Å². The summed E-state index contributed by atoms with van der Waals surface area (Å²) in [5.41, 5.74) is 1.89. The number of benzene rings is 1. The Kier molecular flexibility index (Phi) is 6.95. The Bertz CT molecular complexity index is 654. The number of rotatable bonds is 9. The Morgan fingerprint density at radius 1 is 1.00 bits per heavy atom. The van der Waals surface area contributed by atoms with Crippen molar-refractivity contribution in [2.24, 2.45) is 0 Å². The monoisotopic (exact) mass is 297 g/mol. The normalized spacial score (nSPS) is 11.5. The molecule has 1 aromatic carbocycles. The number of unbranched alkanes of at least 4 members (excludes halogenated alkanes) is 7.